The van der Waals surface area contributed by atoms with E-state index in [4.69, 9.17) is 0 Å². The molecule has 0 saturated heterocycles. The quantitative estimate of drug-likeness (QED) is 0.659. The molecule has 0 aliphatic rings. The fourth-order valence-electron chi connectivity index (χ4n) is 1.30. The van der Waals surface area contributed by atoms with Gasteiger partial charge in [0.15, 0.2) is 0 Å². The smallest absolute Gasteiger partial charge is 0.251 e. The highest BCUT2D eigenvalue weighted by atomic mass is 131. The van der Waals surface area contributed by atoms with Crippen molar-refractivity contribution in [3.8, 4) is 0 Å². The Morgan fingerprint density at radius 3 is 2.50 bits per heavy atom. The van der Waals surface area contributed by atoms with Gasteiger partial charge in [0.2, 0.25) is 0 Å². The molecule has 0 radical (unpaired) electrons. The highest BCUT2D eigenvalue weighted by molar-refractivity contribution is 14.1. The number of hydrogen-bond acceptors (Lipinski definition) is 2. The molecule has 88 valence electrons. The standard InChI is InChI=1S/C12H17IN2O/c1-15(2)9-3-8-14-12(16)10-4-6-11(13)7-5-10/h4-7H,3,8-9H2,1-2H3,(H,14,16)/i13+4. The number of carbonyl (C=O) groups is 1. The molecule has 3 nitrogen and oxygen atoms in total. The zero-order valence-electron chi connectivity index (χ0n) is 9.66. The summed E-state index contributed by atoms with van der Waals surface area (Å²) in [5, 5.41) is 2.91. The highest BCUT2D eigenvalue weighted by Gasteiger charge is 2.03. The topological polar surface area (TPSA) is 32.3 Å². The van der Waals surface area contributed by atoms with Gasteiger partial charge in [0.25, 0.3) is 5.91 Å². The van der Waals surface area contributed by atoms with Crippen LogP contribution in [0.1, 0.15) is 16.8 Å². The minimum atomic E-state index is 0.00940. The van der Waals surface area contributed by atoms with Crippen LogP contribution in [-0.4, -0.2) is 38.0 Å². The zero-order chi connectivity index (χ0) is 12.0. The fourth-order valence-corrected chi connectivity index (χ4v) is 1.66. The van der Waals surface area contributed by atoms with Crippen LogP contribution >= 0.6 is 22.6 Å². The average Bonchev–Trinajstić information content (AvgIpc) is 2.25. The Hall–Kier alpha value is -0.620. The first-order chi connectivity index (χ1) is 7.59. The van der Waals surface area contributed by atoms with E-state index in [0.29, 0.717) is 0 Å². The van der Waals surface area contributed by atoms with E-state index < -0.39 is 0 Å². The molecule has 1 aromatic carbocycles. The van der Waals surface area contributed by atoms with Crippen LogP contribution < -0.4 is 5.32 Å². The number of nitrogens with one attached hydrogen (secondary N) is 1. The summed E-state index contributed by atoms with van der Waals surface area (Å²) in [7, 11) is 4.06. The van der Waals surface area contributed by atoms with Crippen molar-refractivity contribution < 1.29 is 4.79 Å². The van der Waals surface area contributed by atoms with Crippen molar-refractivity contribution in [2.24, 2.45) is 0 Å². The molecule has 1 amide bonds. The molecule has 0 fully saturated rings. The summed E-state index contributed by atoms with van der Waals surface area (Å²) in [5.74, 6) is 0.00940. The van der Waals surface area contributed by atoms with Gasteiger partial charge < -0.3 is 10.2 Å². The Balaban J connectivity index is 2.32. The molecular formula is C12H17IN2O. The van der Waals surface area contributed by atoms with E-state index >= 15 is 0 Å². The predicted octanol–water partition coefficient (Wildman–Crippen LogP) is 1.97. The van der Waals surface area contributed by atoms with Crippen molar-refractivity contribution in [2.45, 2.75) is 6.42 Å². The average molecular weight is 336 g/mol. The summed E-state index contributed by atoms with van der Waals surface area (Å²) in [5.41, 5.74) is 0.727. The van der Waals surface area contributed by atoms with E-state index in [1.54, 1.807) is 0 Å². The third kappa shape index (κ3) is 4.94. The molecule has 0 saturated carbocycles. The lowest BCUT2D eigenvalue weighted by molar-refractivity contribution is 0.0952. The Bertz CT molecular complexity index is 335. The minimum Gasteiger partial charge on any atom is -0.352 e. The summed E-state index contributed by atoms with van der Waals surface area (Å²) in [4.78, 5) is 13.8. The lowest BCUT2D eigenvalue weighted by Crippen LogP contribution is -2.27. The Labute approximate surface area is 110 Å². The van der Waals surface area contributed by atoms with Gasteiger partial charge in [0.1, 0.15) is 0 Å². The Morgan fingerprint density at radius 2 is 1.94 bits per heavy atom. The van der Waals surface area contributed by atoms with E-state index in [9.17, 15) is 4.79 Å². The zero-order valence-corrected chi connectivity index (χ0v) is 11.8. The van der Waals surface area contributed by atoms with Gasteiger partial charge >= 0.3 is 0 Å². The molecule has 0 aliphatic carbocycles. The van der Waals surface area contributed by atoms with E-state index in [1.165, 1.54) is 0 Å². The Kier molecular flexibility index (Phi) is 5.76. The predicted molar refractivity (Wildman–Crippen MR) is 74.7 cm³/mol. The van der Waals surface area contributed by atoms with E-state index in [1.807, 2.05) is 38.4 Å². The van der Waals surface area contributed by atoms with E-state index in [-0.39, 0.29) is 5.91 Å². The second-order valence-electron chi connectivity index (χ2n) is 3.92. The molecule has 4 heteroatoms. The SMILES string of the molecule is CN(C)CCCNC(=O)c1ccc([131I])cc1. The van der Waals surface area contributed by atoms with Crippen molar-refractivity contribution in [1.29, 1.82) is 0 Å². The number of carbonyl (C=O) groups excluding carboxylic acids is 1. The molecule has 0 aliphatic heterocycles. The summed E-state index contributed by atoms with van der Waals surface area (Å²) >= 11 is 2.22. The number of amides is 1. The van der Waals surface area contributed by atoms with Crippen LogP contribution in [0.3, 0.4) is 0 Å². The lowest BCUT2D eigenvalue weighted by Gasteiger charge is -2.09. The van der Waals surface area contributed by atoms with Gasteiger partial charge in [-0.25, -0.2) is 0 Å². The number of nitrogens with zero attached hydrogens (tertiary/aromatic N) is 1. The summed E-state index contributed by atoms with van der Waals surface area (Å²) in [6.07, 6.45) is 0.975. The normalized spacial score (nSPS) is 10.5. The molecule has 0 aromatic heterocycles. The first-order valence-electron chi connectivity index (χ1n) is 5.28. The molecule has 0 atom stereocenters. The summed E-state index contributed by atoms with van der Waals surface area (Å²) in [6, 6.07) is 7.58. The van der Waals surface area contributed by atoms with Crippen molar-refractivity contribution >= 4 is 28.5 Å². The molecule has 1 aromatic rings. The molecular weight excluding hydrogens is 319 g/mol. The number of rotatable bonds is 5. The van der Waals surface area contributed by atoms with Gasteiger partial charge in [0, 0.05) is 15.7 Å². The van der Waals surface area contributed by atoms with Gasteiger partial charge in [-0.1, -0.05) is 0 Å². The molecule has 0 heterocycles. The maximum atomic E-state index is 11.7. The monoisotopic (exact) mass is 336 g/mol. The second-order valence-corrected chi connectivity index (χ2v) is 5.17. The van der Waals surface area contributed by atoms with Crippen molar-refractivity contribution in [1.82, 2.24) is 10.2 Å². The van der Waals surface area contributed by atoms with E-state index in [0.717, 1.165) is 28.6 Å². The highest BCUT2D eigenvalue weighted by Crippen LogP contribution is 2.06. The van der Waals surface area contributed by atoms with E-state index in [2.05, 4.69) is 32.8 Å². The number of benzene rings is 1. The maximum absolute atomic E-state index is 11.7. The molecule has 0 spiro atoms. The van der Waals surface area contributed by atoms with Gasteiger partial charge in [-0.2, -0.15) is 0 Å². The fraction of sp³-hybridized carbons (Fsp3) is 0.417. The number of halogens is 1. The van der Waals surface area contributed by atoms with Crippen molar-refractivity contribution in [2.75, 3.05) is 27.2 Å². The molecule has 0 bridgehead atoms. The second kappa shape index (κ2) is 6.85. The third-order valence-corrected chi connectivity index (χ3v) is 2.89. The third-order valence-electron chi connectivity index (χ3n) is 2.17. The maximum Gasteiger partial charge on any atom is 0.251 e. The molecule has 0 unspecified atom stereocenters. The van der Waals surface area contributed by atoms with Crippen LogP contribution in [0.15, 0.2) is 24.3 Å². The largest absolute Gasteiger partial charge is 0.352 e. The Morgan fingerprint density at radius 1 is 1.31 bits per heavy atom. The first kappa shape index (κ1) is 13.4. The van der Waals surface area contributed by atoms with Crippen molar-refractivity contribution in [3.05, 3.63) is 33.4 Å². The lowest BCUT2D eigenvalue weighted by atomic mass is 10.2. The van der Waals surface area contributed by atoms with Crippen LogP contribution in [-0.2, 0) is 0 Å². The van der Waals surface area contributed by atoms with Crippen molar-refractivity contribution in [3.63, 3.8) is 0 Å². The molecule has 16 heavy (non-hydrogen) atoms. The summed E-state index contributed by atoms with van der Waals surface area (Å²) in [6.45, 7) is 1.72. The molecule has 1 N–H and O–H groups in total. The van der Waals surface area contributed by atoms with Gasteiger partial charge in [-0.15, -0.1) is 0 Å². The van der Waals surface area contributed by atoms with Crippen LogP contribution in [0, 0.1) is 3.57 Å². The van der Waals surface area contributed by atoms with Crippen LogP contribution in [0.5, 0.6) is 0 Å². The summed E-state index contributed by atoms with van der Waals surface area (Å²) < 4.78 is 1.14. The first-order valence-corrected chi connectivity index (χ1v) is 6.36. The molecule has 1 rings (SSSR count). The van der Waals surface area contributed by atoms with Gasteiger partial charge in [-0.05, 0) is 73.9 Å². The van der Waals surface area contributed by atoms with Crippen LogP contribution in [0.2, 0.25) is 0 Å². The van der Waals surface area contributed by atoms with Crippen LogP contribution in [0.25, 0.3) is 0 Å². The minimum absolute atomic E-state index is 0.00940. The van der Waals surface area contributed by atoms with Gasteiger partial charge in [-0.3, -0.25) is 4.79 Å². The number of hydrogen-bond donors (Lipinski definition) is 1. The van der Waals surface area contributed by atoms with Gasteiger partial charge in [0.05, 0.1) is 0 Å². The van der Waals surface area contributed by atoms with Crippen LogP contribution in [0.4, 0.5) is 0 Å².